The molecule has 0 amide bonds. The molecule has 0 saturated carbocycles. The van der Waals surface area contributed by atoms with Crippen LogP contribution in [0.25, 0.3) is 0 Å². The Morgan fingerprint density at radius 3 is 2.46 bits per heavy atom. The first-order chi connectivity index (χ1) is 11.5. The normalized spacial score (nSPS) is 14.5. The second kappa shape index (κ2) is 12.0. The molecule has 1 aromatic rings. The first-order valence-corrected chi connectivity index (χ1v) is 8.50. The van der Waals surface area contributed by atoms with Crippen LogP contribution in [0.4, 0.5) is 0 Å². The SMILES string of the molecule is Brc1cccc(CNCCCN2CCOCC2)c1.O=C(O)C(=O)O. The summed E-state index contributed by atoms with van der Waals surface area (Å²) in [7, 11) is 0. The Hall–Kier alpha value is -1.48. The van der Waals surface area contributed by atoms with Crippen molar-refractivity contribution in [3.05, 3.63) is 34.3 Å². The Morgan fingerprint density at radius 1 is 1.21 bits per heavy atom. The second-order valence-electron chi connectivity index (χ2n) is 5.22. The summed E-state index contributed by atoms with van der Waals surface area (Å²) in [6.07, 6.45) is 1.20. The Morgan fingerprint density at radius 2 is 1.88 bits per heavy atom. The number of nitrogens with one attached hydrogen (secondary N) is 1. The van der Waals surface area contributed by atoms with E-state index in [1.54, 1.807) is 0 Å². The van der Waals surface area contributed by atoms with Crippen LogP contribution >= 0.6 is 15.9 Å². The van der Waals surface area contributed by atoms with E-state index in [1.807, 2.05) is 0 Å². The van der Waals surface area contributed by atoms with E-state index in [1.165, 1.54) is 18.5 Å². The van der Waals surface area contributed by atoms with Crippen molar-refractivity contribution >= 4 is 27.9 Å². The van der Waals surface area contributed by atoms with Gasteiger partial charge in [-0.15, -0.1) is 0 Å². The summed E-state index contributed by atoms with van der Waals surface area (Å²) in [6.45, 7) is 7.16. The summed E-state index contributed by atoms with van der Waals surface area (Å²) < 4.78 is 6.48. The van der Waals surface area contributed by atoms with Crippen molar-refractivity contribution in [3.8, 4) is 0 Å². The Bertz CT molecular complexity index is 509. The summed E-state index contributed by atoms with van der Waals surface area (Å²) in [6, 6.07) is 8.45. The van der Waals surface area contributed by atoms with E-state index in [9.17, 15) is 0 Å². The number of rotatable bonds is 6. The molecule has 8 heteroatoms. The third-order valence-corrected chi connectivity index (χ3v) is 3.83. The van der Waals surface area contributed by atoms with Gasteiger partial charge in [-0.1, -0.05) is 28.1 Å². The van der Waals surface area contributed by atoms with Crippen LogP contribution in [0.5, 0.6) is 0 Å². The lowest BCUT2D eigenvalue weighted by molar-refractivity contribution is -0.159. The van der Waals surface area contributed by atoms with Gasteiger partial charge in [0.15, 0.2) is 0 Å². The molecule has 134 valence electrons. The molecule has 0 spiro atoms. The minimum Gasteiger partial charge on any atom is -0.473 e. The number of hydrogen-bond acceptors (Lipinski definition) is 5. The molecule has 1 aliphatic heterocycles. The minimum atomic E-state index is -1.82. The van der Waals surface area contributed by atoms with Gasteiger partial charge >= 0.3 is 11.9 Å². The Balaban J connectivity index is 0.000000413. The highest BCUT2D eigenvalue weighted by atomic mass is 79.9. The van der Waals surface area contributed by atoms with Gasteiger partial charge in [-0.2, -0.15) is 0 Å². The van der Waals surface area contributed by atoms with E-state index in [-0.39, 0.29) is 0 Å². The highest BCUT2D eigenvalue weighted by Gasteiger charge is 2.08. The monoisotopic (exact) mass is 402 g/mol. The first-order valence-electron chi connectivity index (χ1n) is 7.70. The van der Waals surface area contributed by atoms with Crippen molar-refractivity contribution in [2.24, 2.45) is 0 Å². The molecule has 0 aliphatic carbocycles. The zero-order valence-corrected chi connectivity index (χ0v) is 15.0. The van der Waals surface area contributed by atoms with Gasteiger partial charge in [-0.05, 0) is 37.2 Å². The van der Waals surface area contributed by atoms with Gasteiger partial charge in [-0.25, -0.2) is 9.59 Å². The predicted octanol–water partition coefficient (Wildman–Crippen LogP) is 1.42. The lowest BCUT2D eigenvalue weighted by atomic mass is 10.2. The van der Waals surface area contributed by atoms with Crippen LogP contribution in [0, 0.1) is 0 Å². The molecule has 0 radical (unpaired) electrons. The topological polar surface area (TPSA) is 99.1 Å². The molecule has 0 atom stereocenters. The number of hydrogen-bond donors (Lipinski definition) is 3. The number of carboxylic acids is 2. The number of halogens is 1. The minimum absolute atomic E-state index is 0.894. The number of ether oxygens (including phenoxy) is 1. The van der Waals surface area contributed by atoms with Crippen LogP contribution in [0.2, 0.25) is 0 Å². The fourth-order valence-corrected chi connectivity index (χ4v) is 2.58. The van der Waals surface area contributed by atoms with Gasteiger partial charge in [0.25, 0.3) is 0 Å². The van der Waals surface area contributed by atoms with E-state index in [2.05, 4.69) is 50.4 Å². The maximum atomic E-state index is 9.10. The van der Waals surface area contributed by atoms with Gasteiger partial charge in [0.05, 0.1) is 13.2 Å². The summed E-state index contributed by atoms with van der Waals surface area (Å²) in [4.78, 5) is 20.7. The van der Waals surface area contributed by atoms with Crippen molar-refractivity contribution in [2.45, 2.75) is 13.0 Å². The zero-order chi connectivity index (χ0) is 17.8. The number of benzene rings is 1. The van der Waals surface area contributed by atoms with Crippen LogP contribution in [-0.4, -0.2) is 66.4 Å². The number of carboxylic acid groups (broad SMARTS) is 2. The molecular weight excluding hydrogens is 380 g/mol. The average Bonchev–Trinajstić information content (AvgIpc) is 2.56. The molecular formula is C16H23BrN2O5. The fraction of sp³-hybridized carbons (Fsp3) is 0.500. The number of aliphatic carboxylic acids is 2. The van der Waals surface area contributed by atoms with Crippen molar-refractivity contribution in [2.75, 3.05) is 39.4 Å². The molecule has 1 aromatic carbocycles. The summed E-state index contributed by atoms with van der Waals surface area (Å²) in [5, 5.41) is 18.3. The van der Waals surface area contributed by atoms with E-state index >= 15 is 0 Å². The first kappa shape index (κ1) is 20.6. The van der Waals surface area contributed by atoms with Gasteiger partial charge in [-0.3, -0.25) is 4.90 Å². The molecule has 3 N–H and O–H groups in total. The van der Waals surface area contributed by atoms with Gasteiger partial charge in [0.2, 0.25) is 0 Å². The Labute approximate surface area is 149 Å². The predicted molar refractivity (Wildman–Crippen MR) is 93.0 cm³/mol. The fourth-order valence-electron chi connectivity index (χ4n) is 2.13. The van der Waals surface area contributed by atoms with Crippen LogP contribution in [0.1, 0.15) is 12.0 Å². The van der Waals surface area contributed by atoms with Crippen molar-refractivity contribution in [3.63, 3.8) is 0 Å². The van der Waals surface area contributed by atoms with Crippen LogP contribution in [0.3, 0.4) is 0 Å². The van der Waals surface area contributed by atoms with Gasteiger partial charge < -0.3 is 20.3 Å². The summed E-state index contributed by atoms with van der Waals surface area (Å²) >= 11 is 3.49. The molecule has 1 fully saturated rings. The third kappa shape index (κ3) is 9.61. The number of carbonyl (C=O) groups is 2. The number of nitrogens with zero attached hydrogens (tertiary/aromatic N) is 1. The molecule has 0 unspecified atom stereocenters. The van der Waals surface area contributed by atoms with E-state index in [0.717, 1.165) is 43.9 Å². The lowest BCUT2D eigenvalue weighted by Crippen LogP contribution is -2.37. The van der Waals surface area contributed by atoms with Gasteiger partial charge in [0, 0.05) is 24.1 Å². The molecule has 1 heterocycles. The molecule has 1 aliphatic rings. The quantitative estimate of drug-likeness (QED) is 0.488. The maximum Gasteiger partial charge on any atom is 0.414 e. The summed E-state index contributed by atoms with van der Waals surface area (Å²) in [5.41, 5.74) is 1.33. The molecule has 2 rings (SSSR count). The molecule has 0 aromatic heterocycles. The van der Waals surface area contributed by atoms with Crippen molar-refractivity contribution in [1.29, 1.82) is 0 Å². The Kier molecular flexibility index (Phi) is 10.3. The van der Waals surface area contributed by atoms with Gasteiger partial charge in [0.1, 0.15) is 0 Å². The van der Waals surface area contributed by atoms with E-state index < -0.39 is 11.9 Å². The van der Waals surface area contributed by atoms with E-state index in [0.29, 0.717) is 0 Å². The molecule has 0 bridgehead atoms. The number of morpholine rings is 1. The standard InChI is InChI=1S/C14H21BrN2O.C2H2O4/c15-14-4-1-3-13(11-14)12-16-5-2-6-17-7-9-18-10-8-17;3-1(4)2(5)6/h1,3-4,11,16H,2,5-10,12H2;(H,3,4)(H,5,6). The molecule has 7 nitrogen and oxygen atoms in total. The second-order valence-corrected chi connectivity index (χ2v) is 6.14. The largest absolute Gasteiger partial charge is 0.473 e. The summed E-state index contributed by atoms with van der Waals surface area (Å²) in [5.74, 6) is -3.65. The molecule has 1 saturated heterocycles. The maximum absolute atomic E-state index is 9.10. The van der Waals surface area contributed by atoms with Crippen molar-refractivity contribution < 1.29 is 24.5 Å². The van der Waals surface area contributed by atoms with Crippen molar-refractivity contribution in [1.82, 2.24) is 10.2 Å². The zero-order valence-electron chi connectivity index (χ0n) is 13.4. The third-order valence-electron chi connectivity index (χ3n) is 3.33. The smallest absolute Gasteiger partial charge is 0.414 e. The van der Waals surface area contributed by atoms with Crippen LogP contribution in [-0.2, 0) is 20.9 Å². The van der Waals surface area contributed by atoms with Crippen LogP contribution in [0.15, 0.2) is 28.7 Å². The highest BCUT2D eigenvalue weighted by molar-refractivity contribution is 9.10. The van der Waals surface area contributed by atoms with Crippen LogP contribution < -0.4 is 5.32 Å². The van der Waals surface area contributed by atoms with E-state index in [4.69, 9.17) is 24.5 Å². The highest BCUT2D eigenvalue weighted by Crippen LogP contribution is 2.11. The molecule has 24 heavy (non-hydrogen) atoms. The lowest BCUT2D eigenvalue weighted by Gasteiger charge is -2.26. The average molecular weight is 403 g/mol.